The predicted octanol–water partition coefficient (Wildman–Crippen LogP) is -5.92. The molecule has 1 fully saturated rings. The Bertz CT molecular complexity index is 2160. The van der Waals surface area contributed by atoms with Crippen LogP contribution in [-0.2, 0) is 60.7 Å². The molecule has 1 aromatic heterocycles. The fraction of sp³-hybridized carbons (Fsp3) is 0.564. The second-order valence-corrected chi connectivity index (χ2v) is 17.6. The first kappa shape index (κ1) is 49.0. The fourth-order valence-corrected chi connectivity index (χ4v) is 9.10. The van der Waals surface area contributed by atoms with Crippen molar-refractivity contribution >= 4 is 75.2 Å². The maximum Gasteiger partial charge on any atom is 0.248 e. The Balaban J connectivity index is 1.73. The number of aliphatic hydroxyl groups excluding tert-OH is 3. The van der Waals surface area contributed by atoms with Crippen molar-refractivity contribution in [3.05, 3.63) is 23.8 Å². The summed E-state index contributed by atoms with van der Waals surface area (Å²) in [6.07, 6.45) is -4.42. The van der Waals surface area contributed by atoms with Crippen molar-refractivity contribution in [2.24, 2.45) is 17.6 Å². The van der Waals surface area contributed by atoms with E-state index in [4.69, 9.17) is 5.73 Å². The average Bonchev–Trinajstić information content (AvgIpc) is 3.82. The molecule has 9 amide bonds. The van der Waals surface area contributed by atoms with Crippen LogP contribution in [-0.4, -0.2) is 168 Å². The number of aliphatic hydroxyl groups is 3. The van der Waals surface area contributed by atoms with Gasteiger partial charge in [0.25, 0.3) is 0 Å². The van der Waals surface area contributed by atoms with E-state index < -0.39 is 176 Å². The first-order chi connectivity index (χ1) is 30.2. The highest BCUT2D eigenvalue weighted by atomic mass is 32.2. The van der Waals surface area contributed by atoms with Gasteiger partial charge >= 0.3 is 0 Å². The zero-order valence-corrected chi connectivity index (χ0v) is 36.0. The van der Waals surface area contributed by atoms with E-state index >= 15 is 0 Å². The number of primary amides is 1. The summed E-state index contributed by atoms with van der Waals surface area (Å²) in [5, 5.41) is 58.8. The zero-order valence-electron chi connectivity index (χ0n) is 35.2. The van der Waals surface area contributed by atoms with Crippen LogP contribution in [0.25, 0.3) is 10.9 Å². The van der Waals surface area contributed by atoms with E-state index in [9.17, 15) is 68.1 Å². The van der Waals surface area contributed by atoms with Gasteiger partial charge in [0.2, 0.25) is 58.2 Å². The first-order valence-corrected chi connectivity index (χ1v) is 21.9. The lowest BCUT2D eigenvalue weighted by Crippen LogP contribution is -2.62. The number of benzene rings is 1. The average molecular weight is 919 g/mol. The number of amides is 9. The SMILES string of the molecule is CC[C@H](C)[C@@H]1NC(=O)CNC(=O)C2Cc3c([nH]c4cc(O)ccc34)[S+]([O-])C[C@H](NC(=O)CNC1=O)C(=O)N[C@@H](CC(N)=O)C(=O)N1C[C@H](O)C[C@H]1C(=O)N[C@@H]([C@@H](C)[C@@H](O)CO)C(=O)N2. The van der Waals surface area contributed by atoms with Crippen LogP contribution in [0.1, 0.15) is 45.6 Å². The molecule has 350 valence electrons. The van der Waals surface area contributed by atoms with Crippen LogP contribution in [0, 0.1) is 11.8 Å². The van der Waals surface area contributed by atoms with Gasteiger partial charge in [-0.1, -0.05) is 27.2 Å². The number of fused-ring (bicyclic) bond motifs is 5. The summed E-state index contributed by atoms with van der Waals surface area (Å²) in [7, 11) is 0. The Hall–Kier alpha value is -6.02. The number of nitrogens with two attached hydrogens (primary N) is 1. The van der Waals surface area contributed by atoms with Crippen molar-refractivity contribution in [1.29, 1.82) is 0 Å². The number of hydrogen-bond acceptors (Lipinski definition) is 14. The summed E-state index contributed by atoms with van der Waals surface area (Å²) in [5.74, 6) is -12.1. The van der Waals surface area contributed by atoms with Gasteiger partial charge in [0.1, 0.15) is 41.7 Å². The summed E-state index contributed by atoms with van der Waals surface area (Å²) in [4.78, 5) is 127. The number of hydrogen-bond donors (Lipinski definition) is 13. The molecule has 3 aliphatic rings. The van der Waals surface area contributed by atoms with E-state index in [2.05, 4.69) is 42.2 Å². The molecule has 0 aliphatic carbocycles. The highest BCUT2D eigenvalue weighted by Gasteiger charge is 2.45. The number of H-pyrrole nitrogens is 1. The molecule has 25 heteroatoms. The third-order valence-corrected chi connectivity index (χ3v) is 13.0. The van der Waals surface area contributed by atoms with Gasteiger partial charge in [0.15, 0.2) is 6.04 Å². The smallest absolute Gasteiger partial charge is 0.248 e. The summed E-state index contributed by atoms with van der Waals surface area (Å²) in [5.41, 5.74) is 5.73. The number of carbonyl (C=O) groups is 9. The second-order valence-electron chi connectivity index (χ2n) is 16.1. The third kappa shape index (κ3) is 11.6. The number of aromatic hydroxyl groups is 1. The predicted molar refractivity (Wildman–Crippen MR) is 222 cm³/mol. The number of rotatable bonds is 7. The number of nitrogens with zero attached hydrogens (tertiary/aromatic N) is 1. The molecule has 2 bridgehead atoms. The normalized spacial score (nSPS) is 28.5. The molecule has 4 heterocycles. The van der Waals surface area contributed by atoms with Gasteiger partial charge in [-0.2, -0.15) is 0 Å². The Morgan fingerprint density at radius 2 is 1.56 bits per heavy atom. The van der Waals surface area contributed by atoms with E-state index in [1.54, 1.807) is 13.8 Å². The third-order valence-electron chi connectivity index (χ3n) is 11.5. The molecule has 2 unspecified atom stereocenters. The molecule has 5 rings (SSSR count). The maximum atomic E-state index is 14.6. The van der Waals surface area contributed by atoms with Crippen molar-refractivity contribution in [3.63, 3.8) is 0 Å². The van der Waals surface area contributed by atoms with Gasteiger partial charge in [0.05, 0.1) is 43.8 Å². The van der Waals surface area contributed by atoms with Crippen LogP contribution in [0.3, 0.4) is 0 Å². The monoisotopic (exact) mass is 918 g/mol. The zero-order chi connectivity index (χ0) is 47.2. The summed E-state index contributed by atoms with van der Waals surface area (Å²) >= 11 is -2.38. The largest absolute Gasteiger partial charge is 0.610 e. The number of aromatic amines is 1. The first-order valence-electron chi connectivity index (χ1n) is 20.6. The molecule has 11 atom stereocenters. The Kier molecular flexibility index (Phi) is 16.2. The van der Waals surface area contributed by atoms with Crippen LogP contribution in [0.2, 0.25) is 0 Å². The Morgan fingerprint density at radius 3 is 2.22 bits per heavy atom. The molecule has 2 aromatic rings. The summed E-state index contributed by atoms with van der Waals surface area (Å²) in [6.45, 7) is 1.76. The summed E-state index contributed by atoms with van der Waals surface area (Å²) in [6, 6.07) is -5.99. The van der Waals surface area contributed by atoms with Crippen LogP contribution in [0.5, 0.6) is 5.75 Å². The van der Waals surface area contributed by atoms with Crippen molar-refractivity contribution < 1.29 is 68.1 Å². The second kappa shape index (κ2) is 21.1. The highest BCUT2D eigenvalue weighted by molar-refractivity contribution is 7.91. The van der Waals surface area contributed by atoms with Crippen LogP contribution >= 0.6 is 0 Å². The fourth-order valence-electron chi connectivity index (χ4n) is 7.70. The van der Waals surface area contributed by atoms with Crippen LogP contribution in [0.15, 0.2) is 23.2 Å². The molecule has 1 aromatic carbocycles. The molecule has 0 radical (unpaired) electrons. The molecular weight excluding hydrogens is 865 g/mol. The molecule has 14 N–H and O–H groups in total. The maximum absolute atomic E-state index is 14.6. The quantitative estimate of drug-likeness (QED) is 0.115. The van der Waals surface area contributed by atoms with Crippen LogP contribution in [0.4, 0.5) is 0 Å². The number of nitrogens with one attached hydrogen (secondary N) is 8. The van der Waals surface area contributed by atoms with Gasteiger partial charge in [-0.15, -0.1) is 0 Å². The van der Waals surface area contributed by atoms with Gasteiger partial charge in [-0.05, 0) is 18.1 Å². The van der Waals surface area contributed by atoms with Gasteiger partial charge in [0, 0.05) is 53.5 Å². The van der Waals surface area contributed by atoms with Gasteiger partial charge < -0.3 is 77.8 Å². The molecule has 1 saturated heterocycles. The molecule has 0 saturated carbocycles. The number of phenols is 1. The van der Waals surface area contributed by atoms with Crippen molar-refractivity contribution in [2.75, 3.05) is 32.0 Å². The van der Waals surface area contributed by atoms with E-state index in [1.807, 2.05) is 0 Å². The standard InChI is InChI=1S/C39H54N10O14S/c1-4-16(2)31-36(60)42-11-29(55)43-25-15-64(63)38-21(20-6-5-18(51)7-22(20)46-38)9-23(33(57)41-12-30(56)47-31)44-37(61)32(17(3)27(53)14-50)48-35(59)26-8-19(52)13-49(26)39(62)24(10-28(40)54)45-34(25)58/h5-7,16-17,19,23-27,31-32,46,50-53H,4,8-15H2,1-3H3,(H2,40,54)(H,41,57)(H,42,60)(H,43,55)(H,44,61)(H,45,58)(H,47,56)(H,48,59)/t16-,17-,19+,23?,24-,25-,26-,27-,31-,32-,64?/m0/s1. The lowest BCUT2D eigenvalue weighted by Gasteiger charge is -2.32. The van der Waals surface area contributed by atoms with Crippen molar-refractivity contribution in [2.45, 2.75) is 99.9 Å². The molecule has 64 heavy (non-hydrogen) atoms. The molecular formula is C39H54N10O14S. The molecule has 0 spiro atoms. The van der Waals surface area contributed by atoms with E-state index in [0.29, 0.717) is 6.42 Å². The van der Waals surface area contributed by atoms with E-state index in [-0.39, 0.29) is 27.2 Å². The van der Waals surface area contributed by atoms with Gasteiger partial charge in [-0.25, -0.2) is 0 Å². The number of phenolic OH excluding ortho intramolecular Hbond substituents is 1. The minimum absolute atomic E-state index is 0.0800. The minimum atomic E-state index is -2.38. The van der Waals surface area contributed by atoms with Crippen molar-refractivity contribution in [3.8, 4) is 5.75 Å². The topological polar surface area (TPSA) is 387 Å². The lowest BCUT2D eigenvalue weighted by molar-refractivity contribution is -0.144. The van der Waals surface area contributed by atoms with Crippen molar-refractivity contribution in [1.82, 2.24) is 47.1 Å². The number of carbonyl (C=O) groups excluding carboxylic acids is 9. The van der Waals surface area contributed by atoms with Gasteiger partial charge in [-0.3, -0.25) is 43.2 Å². The number of aromatic nitrogens is 1. The summed E-state index contributed by atoms with van der Waals surface area (Å²) < 4.78 is 14.6. The molecule has 24 nitrogen and oxygen atoms in total. The lowest BCUT2D eigenvalue weighted by atomic mass is 9.93. The van der Waals surface area contributed by atoms with E-state index in [0.717, 1.165) is 4.90 Å². The molecule has 3 aliphatic heterocycles. The minimum Gasteiger partial charge on any atom is -0.610 e. The van der Waals surface area contributed by atoms with Crippen LogP contribution < -0.4 is 43.0 Å². The highest BCUT2D eigenvalue weighted by Crippen LogP contribution is 2.31. The Morgan fingerprint density at radius 1 is 0.891 bits per heavy atom. The Labute approximate surface area is 368 Å². The van der Waals surface area contributed by atoms with E-state index in [1.165, 1.54) is 25.1 Å².